The number of nitrogens with zero attached hydrogens (tertiary/aromatic N) is 3. The van der Waals surface area contributed by atoms with Crippen molar-refractivity contribution in [1.82, 2.24) is 5.01 Å². The third-order valence-corrected chi connectivity index (χ3v) is 4.80. The van der Waals surface area contributed by atoms with Gasteiger partial charge < -0.3 is 4.74 Å². The van der Waals surface area contributed by atoms with E-state index in [1.54, 1.807) is 24.3 Å². The van der Waals surface area contributed by atoms with Gasteiger partial charge in [0.15, 0.2) is 5.84 Å². The monoisotopic (exact) mass is 441 g/mol. The molecule has 0 unspecified atom stereocenters. The van der Waals surface area contributed by atoms with Gasteiger partial charge in [0.25, 0.3) is 0 Å². The van der Waals surface area contributed by atoms with Gasteiger partial charge in [-0.1, -0.05) is 12.1 Å². The van der Waals surface area contributed by atoms with E-state index in [0.29, 0.717) is 11.3 Å². The lowest BCUT2D eigenvalue weighted by Gasteiger charge is -2.28. The van der Waals surface area contributed by atoms with Gasteiger partial charge in [-0.15, -0.1) is 0 Å². The number of amidine groups is 1. The highest BCUT2D eigenvalue weighted by molar-refractivity contribution is 7.88. The van der Waals surface area contributed by atoms with E-state index in [9.17, 15) is 21.6 Å². The van der Waals surface area contributed by atoms with Crippen molar-refractivity contribution in [3.8, 4) is 5.75 Å². The Hall–Kier alpha value is -3.12. The maximum Gasteiger partial charge on any atom is 0.416 e. The Bertz CT molecular complexity index is 1100. The summed E-state index contributed by atoms with van der Waals surface area (Å²) in [4.78, 5) is 8.13. The number of sulfonamides is 1. The summed E-state index contributed by atoms with van der Waals surface area (Å²) in [6.45, 7) is 0.0532. The van der Waals surface area contributed by atoms with Crippen LogP contribution in [0.1, 0.15) is 16.7 Å². The van der Waals surface area contributed by atoms with Gasteiger partial charge in [0.05, 0.1) is 29.7 Å². The molecule has 3 rings (SSSR count). The molecule has 30 heavy (non-hydrogen) atoms. The lowest BCUT2D eigenvalue weighted by atomic mass is 10.1. The normalized spacial score (nSPS) is 14.4. The molecule has 0 saturated carbocycles. The number of nitrogens with one attached hydrogen (secondary N) is 1. The number of hydrazine groups is 1. The van der Waals surface area contributed by atoms with Gasteiger partial charge >= 0.3 is 6.18 Å². The average molecular weight is 441 g/mol. The molecular formula is C18H18F3N5O3S. The molecule has 0 aromatic heterocycles. The highest BCUT2D eigenvalue weighted by Gasteiger charge is 2.32. The van der Waals surface area contributed by atoms with Gasteiger partial charge in [-0.25, -0.2) is 28.6 Å². The first-order valence-electron chi connectivity index (χ1n) is 8.52. The zero-order valence-corrected chi connectivity index (χ0v) is 16.5. The van der Waals surface area contributed by atoms with Gasteiger partial charge in [0.2, 0.25) is 10.0 Å². The highest BCUT2D eigenvalue weighted by atomic mass is 32.2. The van der Waals surface area contributed by atoms with Crippen LogP contribution in [0.4, 0.5) is 18.9 Å². The molecule has 1 heterocycles. The van der Waals surface area contributed by atoms with Crippen molar-refractivity contribution >= 4 is 27.9 Å². The van der Waals surface area contributed by atoms with E-state index in [-0.39, 0.29) is 29.6 Å². The first-order valence-corrected chi connectivity index (χ1v) is 10.2. The third kappa shape index (κ3) is 5.27. The maximum absolute atomic E-state index is 13.2. The predicted molar refractivity (Wildman–Crippen MR) is 107 cm³/mol. The zero-order valence-electron chi connectivity index (χ0n) is 15.7. The minimum absolute atomic E-state index is 0.0532. The zero-order chi connectivity index (χ0) is 21.9. The molecule has 0 amide bonds. The standard InChI is InChI=1S/C18H18F3N5O3S/c1-29-16-6-5-13(18(19,20)21)8-15(16)17-24-10-23-11-26(17)25-14-4-2-3-12(7-14)9-30(22,27)28/h2-8,10,25H,9,11H2,1H3,(H2,22,27,28). The molecule has 2 aromatic rings. The molecule has 1 aliphatic rings. The van der Waals surface area contributed by atoms with Crippen LogP contribution in [-0.4, -0.2) is 39.4 Å². The molecule has 0 bridgehead atoms. The molecule has 8 nitrogen and oxygen atoms in total. The van der Waals surface area contributed by atoms with Gasteiger partial charge in [0.1, 0.15) is 18.8 Å². The smallest absolute Gasteiger partial charge is 0.416 e. The SMILES string of the molecule is COc1ccc(C(F)(F)F)cc1C1=NC=NCN1Nc1cccc(CS(N)(=O)=O)c1. The number of rotatable bonds is 6. The van der Waals surface area contributed by atoms with Crippen molar-refractivity contribution in [2.24, 2.45) is 15.1 Å². The molecule has 0 radical (unpaired) electrons. The van der Waals surface area contributed by atoms with E-state index in [2.05, 4.69) is 15.4 Å². The molecule has 0 fully saturated rings. The Morgan fingerprint density at radius 2 is 2.00 bits per heavy atom. The number of hydrogen-bond donors (Lipinski definition) is 2. The van der Waals surface area contributed by atoms with Crippen LogP contribution in [-0.2, 0) is 22.0 Å². The summed E-state index contributed by atoms with van der Waals surface area (Å²) >= 11 is 0. The fourth-order valence-electron chi connectivity index (χ4n) is 2.83. The fraction of sp³-hybridized carbons (Fsp3) is 0.222. The Kier molecular flexibility index (Phi) is 5.99. The van der Waals surface area contributed by atoms with Crippen LogP contribution in [0.2, 0.25) is 0 Å². The van der Waals surface area contributed by atoms with Gasteiger partial charge in [-0.3, -0.25) is 5.43 Å². The van der Waals surface area contributed by atoms with Crippen LogP contribution < -0.4 is 15.3 Å². The number of ether oxygens (including phenoxy) is 1. The Morgan fingerprint density at radius 3 is 2.67 bits per heavy atom. The molecule has 2 aromatic carbocycles. The minimum atomic E-state index is -4.54. The van der Waals surface area contributed by atoms with Gasteiger partial charge in [-0.05, 0) is 35.9 Å². The highest BCUT2D eigenvalue weighted by Crippen LogP contribution is 2.33. The van der Waals surface area contributed by atoms with Crippen molar-refractivity contribution < 1.29 is 26.3 Å². The number of halogens is 3. The number of nitrogens with two attached hydrogens (primary N) is 1. The van der Waals surface area contributed by atoms with Crippen LogP contribution in [0.25, 0.3) is 0 Å². The van der Waals surface area contributed by atoms with E-state index in [1.807, 2.05) is 0 Å². The molecule has 3 N–H and O–H groups in total. The fourth-order valence-corrected chi connectivity index (χ4v) is 3.48. The number of anilines is 1. The first-order chi connectivity index (χ1) is 14.1. The molecule has 0 saturated heterocycles. The topological polar surface area (TPSA) is 109 Å². The van der Waals surface area contributed by atoms with Gasteiger partial charge in [-0.2, -0.15) is 13.2 Å². The van der Waals surface area contributed by atoms with E-state index in [0.717, 1.165) is 12.1 Å². The average Bonchev–Trinajstić information content (AvgIpc) is 2.66. The molecule has 12 heteroatoms. The summed E-state index contributed by atoms with van der Waals surface area (Å²) in [5.41, 5.74) is 3.17. The number of methoxy groups -OCH3 is 1. The van der Waals surface area contributed by atoms with Crippen LogP contribution in [0.3, 0.4) is 0 Å². The Morgan fingerprint density at radius 1 is 1.23 bits per heavy atom. The second-order valence-electron chi connectivity index (χ2n) is 6.35. The molecule has 160 valence electrons. The lowest BCUT2D eigenvalue weighted by molar-refractivity contribution is -0.137. The van der Waals surface area contributed by atoms with Crippen molar-refractivity contribution in [3.05, 3.63) is 59.2 Å². The van der Waals surface area contributed by atoms with Crippen molar-refractivity contribution in [2.45, 2.75) is 11.9 Å². The van der Waals surface area contributed by atoms with Crippen LogP contribution >= 0.6 is 0 Å². The summed E-state index contributed by atoms with van der Waals surface area (Å²) in [5.74, 6) is -0.0000791. The number of primary sulfonamides is 1. The molecule has 0 atom stereocenters. The number of hydrogen-bond acceptors (Lipinski definition) is 7. The number of aliphatic imine (C=N–C) groups is 2. The first kappa shape index (κ1) is 21.6. The summed E-state index contributed by atoms with van der Waals surface area (Å²) in [5, 5.41) is 6.50. The largest absolute Gasteiger partial charge is 0.496 e. The third-order valence-electron chi connectivity index (χ3n) is 4.07. The van der Waals surface area contributed by atoms with E-state index in [4.69, 9.17) is 9.88 Å². The van der Waals surface area contributed by atoms with Gasteiger partial charge in [0, 0.05) is 0 Å². The van der Waals surface area contributed by atoms with Crippen molar-refractivity contribution in [1.29, 1.82) is 0 Å². The number of alkyl halides is 3. The molecule has 1 aliphatic heterocycles. The molecule has 0 aliphatic carbocycles. The van der Waals surface area contributed by atoms with Crippen molar-refractivity contribution in [2.75, 3.05) is 19.2 Å². The van der Waals surface area contributed by atoms with E-state index in [1.165, 1.54) is 24.5 Å². The van der Waals surface area contributed by atoms with E-state index >= 15 is 0 Å². The van der Waals surface area contributed by atoms with Crippen molar-refractivity contribution in [3.63, 3.8) is 0 Å². The predicted octanol–water partition coefficient (Wildman–Crippen LogP) is 2.58. The maximum atomic E-state index is 13.2. The van der Waals surface area contributed by atoms with Crippen LogP contribution in [0.5, 0.6) is 5.75 Å². The Labute approximate surface area is 170 Å². The molecular weight excluding hydrogens is 423 g/mol. The lowest BCUT2D eigenvalue weighted by Crippen LogP contribution is -2.39. The minimum Gasteiger partial charge on any atom is -0.496 e. The van der Waals surface area contributed by atoms with Crippen LogP contribution in [0, 0.1) is 0 Å². The number of benzene rings is 2. The Balaban J connectivity index is 1.94. The van der Waals surface area contributed by atoms with E-state index < -0.39 is 21.8 Å². The second-order valence-corrected chi connectivity index (χ2v) is 7.97. The summed E-state index contributed by atoms with van der Waals surface area (Å²) in [7, 11) is -2.37. The summed E-state index contributed by atoms with van der Waals surface area (Å²) < 4.78 is 67.5. The van der Waals surface area contributed by atoms with Crippen LogP contribution in [0.15, 0.2) is 52.4 Å². The summed E-state index contributed by atoms with van der Waals surface area (Å²) in [6.07, 6.45) is -3.30. The summed E-state index contributed by atoms with van der Waals surface area (Å²) in [6, 6.07) is 9.52. The quantitative estimate of drug-likeness (QED) is 0.716. The second kappa shape index (κ2) is 8.32. The molecule has 0 spiro atoms.